The topological polar surface area (TPSA) is 29.0 Å². The summed E-state index contributed by atoms with van der Waals surface area (Å²) in [6, 6.07) is 0. The van der Waals surface area contributed by atoms with Crippen LogP contribution in [0, 0.1) is 5.92 Å². The summed E-state index contributed by atoms with van der Waals surface area (Å²) in [4.78, 5) is 1.98. The lowest BCUT2D eigenvalue weighted by Gasteiger charge is -2.04. The Morgan fingerprint density at radius 2 is 2.21 bits per heavy atom. The number of nitrogens with zero attached hydrogens (tertiary/aromatic N) is 3. The molecule has 1 heterocycles. The number of rotatable bonds is 5. The second kappa shape index (κ2) is 5.92. The number of hydrogen-bond acceptors (Lipinski definition) is 5. The standard InChI is InChI=1S/C8H14BrN3S2/c1-6(4-9)5-13-8-11-10-7(14-8)12(2)3/h6H,4-5H2,1-3H3. The molecule has 0 aliphatic heterocycles. The number of alkyl halides is 1. The summed E-state index contributed by atoms with van der Waals surface area (Å²) in [5.74, 6) is 1.76. The molecule has 0 spiro atoms. The van der Waals surface area contributed by atoms with Gasteiger partial charge in [0, 0.05) is 25.2 Å². The molecule has 1 atom stereocenters. The van der Waals surface area contributed by atoms with Gasteiger partial charge in [0.15, 0.2) is 4.34 Å². The molecule has 0 fully saturated rings. The molecule has 1 rings (SSSR count). The number of anilines is 1. The molecule has 14 heavy (non-hydrogen) atoms. The van der Waals surface area contributed by atoms with Crippen molar-refractivity contribution in [3.05, 3.63) is 0 Å². The van der Waals surface area contributed by atoms with E-state index in [0.717, 1.165) is 20.6 Å². The first-order chi connectivity index (χ1) is 6.63. The highest BCUT2D eigenvalue weighted by atomic mass is 79.9. The number of halogens is 1. The van der Waals surface area contributed by atoms with E-state index in [0.29, 0.717) is 5.92 Å². The lowest BCUT2D eigenvalue weighted by Crippen LogP contribution is -2.07. The summed E-state index contributed by atoms with van der Waals surface area (Å²) in [7, 11) is 3.96. The van der Waals surface area contributed by atoms with Crippen LogP contribution in [0.4, 0.5) is 5.13 Å². The fourth-order valence-corrected chi connectivity index (χ4v) is 3.04. The van der Waals surface area contributed by atoms with Crippen LogP contribution in [-0.2, 0) is 0 Å². The highest BCUT2D eigenvalue weighted by Gasteiger charge is 2.07. The molecule has 0 saturated heterocycles. The summed E-state index contributed by atoms with van der Waals surface area (Å²) in [6.45, 7) is 2.22. The predicted molar refractivity (Wildman–Crippen MR) is 67.9 cm³/mol. The van der Waals surface area contributed by atoms with Gasteiger partial charge in [-0.1, -0.05) is 46.0 Å². The van der Waals surface area contributed by atoms with Gasteiger partial charge in [-0.2, -0.15) is 0 Å². The predicted octanol–water partition coefficient (Wildman–Crippen LogP) is 2.73. The minimum absolute atomic E-state index is 0.673. The van der Waals surface area contributed by atoms with Crippen LogP contribution in [0.3, 0.4) is 0 Å². The molecule has 0 aromatic carbocycles. The van der Waals surface area contributed by atoms with Crippen LogP contribution >= 0.6 is 39.0 Å². The van der Waals surface area contributed by atoms with E-state index in [1.54, 1.807) is 23.1 Å². The Hall–Kier alpha value is 0.190. The highest BCUT2D eigenvalue weighted by molar-refractivity contribution is 9.09. The van der Waals surface area contributed by atoms with Gasteiger partial charge >= 0.3 is 0 Å². The molecular formula is C8H14BrN3S2. The van der Waals surface area contributed by atoms with Gasteiger partial charge in [0.2, 0.25) is 5.13 Å². The van der Waals surface area contributed by atoms with E-state index < -0.39 is 0 Å². The number of hydrogen-bond donors (Lipinski definition) is 0. The van der Waals surface area contributed by atoms with Crippen LogP contribution in [0.15, 0.2) is 4.34 Å². The first kappa shape index (κ1) is 12.3. The Bertz CT molecular complexity index is 277. The molecule has 0 bridgehead atoms. The Labute approximate surface area is 101 Å². The summed E-state index contributed by atoms with van der Waals surface area (Å²) >= 11 is 6.89. The minimum Gasteiger partial charge on any atom is -0.353 e. The molecule has 0 amide bonds. The van der Waals surface area contributed by atoms with E-state index in [-0.39, 0.29) is 0 Å². The van der Waals surface area contributed by atoms with Gasteiger partial charge in [0.05, 0.1) is 0 Å². The van der Waals surface area contributed by atoms with E-state index in [1.807, 2.05) is 19.0 Å². The molecule has 0 N–H and O–H groups in total. The van der Waals surface area contributed by atoms with E-state index in [4.69, 9.17) is 0 Å². The van der Waals surface area contributed by atoms with Gasteiger partial charge in [-0.15, -0.1) is 10.2 Å². The zero-order valence-corrected chi connectivity index (χ0v) is 11.7. The average molecular weight is 296 g/mol. The Kier molecular flexibility index (Phi) is 5.19. The first-order valence-corrected chi connectivity index (χ1v) is 7.25. The molecular weight excluding hydrogens is 282 g/mol. The second-order valence-corrected chi connectivity index (χ2v) is 6.19. The molecule has 0 radical (unpaired) electrons. The summed E-state index contributed by atoms with van der Waals surface area (Å²) in [5, 5.41) is 10.2. The molecule has 1 aromatic rings. The van der Waals surface area contributed by atoms with E-state index in [9.17, 15) is 0 Å². The summed E-state index contributed by atoms with van der Waals surface area (Å²) < 4.78 is 1.06. The minimum atomic E-state index is 0.673. The van der Waals surface area contributed by atoms with Gasteiger partial charge in [-0.25, -0.2) is 0 Å². The van der Waals surface area contributed by atoms with Gasteiger partial charge in [-0.3, -0.25) is 0 Å². The van der Waals surface area contributed by atoms with Crippen LogP contribution in [0.1, 0.15) is 6.92 Å². The fourth-order valence-electron chi connectivity index (χ4n) is 0.700. The van der Waals surface area contributed by atoms with Crippen LogP contribution in [0.25, 0.3) is 0 Å². The van der Waals surface area contributed by atoms with E-state index in [1.165, 1.54) is 0 Å². The van der Waals surface area contributed by atoms with Crippen molar-refractivity contribution >= 4 is 44.2 Å². The molecule has 0 aliphatic carbocycles. The maximum atomic E-state index is 4.12. The van der Waals surface area contributed by atoms with Crippen molar-refractivity contribution in [2.75, 3.05) is 30.1 Å². The van der Waals surface area contributed by atoms with Crippen molar-refractivity contribution in [2.45, 2.75) is 11.3 Å². The van der Waals surface area contributed by atoms with Crippen LogP contribution in [-0.4, -0.2) is 35.4 Å². The van der Waals surface area contributed by atoms with Crippen molar-refractivity contribution < 1.29 is 0 Å². The highest BCUT2D eigenvalue weighted by Crippen LogP contribution is 2.28. The van der Waals surface area contributed by atoms with Gasteiger partial charge in [-0.05, 0) is 5.92 Å². The Morgan fingerprint density at radius 3 is 2.71 bits per heavy atom. The maximum absolute atomic E-state index is 4.12. The second-order valence-electron chi connectivity index (χ2n) is 3.32. The zero-order valence-electron chi connectivity index (χ0n) is 8.53. The third-order valence-electron chi connectivity index (χ3n) is 1.53. The lowest BCUT2D eigenvalue weighted by molar-refractivity contribution is 0.769. The molecule has 80 valence electrons. The molecule has 3 nitrogen and oxygen atoms in total. The van der Waals surface area contributed by atoms with Gasteiger partial charge < -0.3 is 4.90 Å². The SMILES string of the molecule is CC(CBr)CSc1nnc(N(C)C)s1. The molecule has 0 saturated carbocycles. The largest absolute Gasteiger partial charge is 0.353 e. The quantitative estimate of drug-likeness (QED) is 0.617. The van der Waals surface area contributed by atoms with Crippen molar-refractivity contribution in [2.24, 2.45) is 5.92 Å². The number of aromatic nitrogens is 2. The lowest BCUT2D eigenvalue weighted by atomic mass is 10.3. The summed E-state index contributed by atoms with van der Waals surface area (Å²) in [6.07, 6.45) is 0. The van der Waals surface area contributed by atoms with Gasteiger partial charge in [0.25, 0.3) is 0 Å². The fraction of sp³-hybridized carbons (Fsp3) is 0.750. The monoisotopic (exact) mass is 295 g/mol. The normalized spacial score (nSPS) is 12.9. The average Bonchev–Trinajstić information content (AvgIpc) is 2.62. The maximum Gasteiger partial charge on any atom is 0.208 e. The molecule has 1 aromatic heterocycles. The van der Waals surface area contributed by atoms with Crippen LogP contribution in [0.5, 0.6) is 0 Å². The number of thioether (sulfide) groups is 1. The van der Waals surface area contributed by atoms with Crippen LogP contribution < -0.4 is 4.90 Å². The molecule has 6 heteroatoms. The van der Waals surface area contributed by atoms with Crippen molar-refractivity contribution in [1.29, 1.82) is 0 Å². The Morgan fingerprint density at radius 1 is 1.50 bits per heavy atom. The van der Waals surface area contributed by atoms with Crippen molar-refractivity contribution in [1.82, 2.24) is 10.2 Å². The smallest absolute Gasteiger partial charge is 0.208 e. The third kappa shape index (κ3) is 3.74. The Balaban J connectivity index is 2.44. The molecule has 1 unspecified atom stereocenters. The van der Waals surface area contributed by atoms with Crippen LogP contribution in [0.2, 0.25) is 0 Å². The van der Waals surface area contributed by atoms with Crippen molar-refractivity contribution in [3.63, 3.8) is 0 Å². The zero-order chi connectivity index (χ0) is 10.6. The van der Waals surface area contributed by atoms with Gasteiger partial charge in [0.1, 0.15) is 0 Å². The van der Waals surface area contributed by atoms with Crippen molar-refractivity contribution in [3.8, 4) is 0 Å². The van der Waals surface area contributed by atoms with E-state index >= 15 is 0 Å². The van der Waals surface area contributed by atoms with E-state index in [2.05, 4.69) is 33.1 Å². The summed E-state index contributed by atoms with van der Waals surface area (Å²) in [5.41, 5.74) is 0. The molecule has 0 aliphatic rings. The third-order valence-corrected chi connectivity index (χ3v) is 5.19. The first-order valence-electron chi connectivity index (χ1n) is 4.33.